The molecule has 11 aromatic rings. The van der Waals surface area contributed by atoms with E-state index in [2.05, 4.69) is 240 Å². The summed E-state index contributed by atoms with van der Waals surface area (Å²) in [6, 6.07) is 83.7. The summed E-state index contributed by atoms with van der Waals surface area (Å²) >= 11 is 0. The van der Waals surface area contributed by atoms with Crippen LogP contribution in [-0.2, 0) is 0 Å². The van der Waals surface area contributed by atoms with Crippen LogP contribution in [0.4, 0.5) is 17.1 Å². The third-order valence-electron chi connectivity index (χ3n) is 11.5. The molecule has 10 aromatic carbocycles. The summed E-state index contributed by atoms with van der Waals surface area (Å²) in [6.07, 6.45) is 0. The van der Waals surface area contributed by atoms with Gasteiger partial charge in [-0.1, -0.05) is 158 Å². The Balaban J connectivity index is 0.951. The van der Waals surface area contributed by atoms with Crippen molar-refractivity contribution in [3.63, 3.8) is 0 Å². The maximum absolute atomic E-state index is 2.40. The van der Waals surface area contributed by atoms with Crippen LogP contribution >= 0.6 is 0 Å². The topological polar surface area (TPSA) is 8.17 Å². The van der Waals surface area contributed by atoms with E-state index in [0.29, 0.717) is 0 Å². The molecular formula is C56H38N2. The van der Waals surface area contributed by atoms with E-state index in [0.717, 1.165) is 22.7 Å². The Labute approximate surface area is 338 Å². The highest BCUT2D eigenvalue weighted by Gasteiger charge is 2.16. The fourth-order valence-corrected chi connectivity index (χ4v) is 8.61. The molecule has 0 unspecified atom stereocenters. The molecule has 2 nitrogen and oxygen atoms in total. The second-order valence-corrected chi connectivity index (χ2v) is 15.0. The summed E-state index contributed by atoms with van der Waals surface area (Å²) in [7, 11) is 0. The molecule has 0 N–H and O–H groups in total. The van der Waals surface area contributed by atoms with Crippen LogP contribution in [0.2, 0.25) is 0 Å². The van der Waals surface area contributed by atoms with Crippen molar-refractivity contribution in [2.24, 2.45) is 0 Å². The molecule has 0 atom stereocenters. The minimum absolute atomic E-state index is 1.10. The summed E-state index contributed by atoms with van der Waals surface area (Å²) < 4.78 is 2.40. The molecule has 0 amide bonds. The largest absolute Gasteiger partial charge is 0.310 e. The minimum atomic E-state index is 1.10. The van der Waals surface area contributed by atoms with Crippen molar-refractivity contribution in [2.45, 2.75) is 0 Å². The van der Waals surface area contributed by atoms with Crippen LogP contribution in [0.5, 0.6) is 0 Å². The summed E-state index contributed by atoms with van der Waals surface area (Å²) in [5, 5.41) is 7.55. The minimum Gasteiger partial charge on any atom is -0.310 e. The lowest BCUT2D eigenvalue weighted by Gasteiger charge is -2.26. The van der Waals surface area contributed by atoms with Crippen LogP contribution in [0, 0.1) is 0 Å². The number of rotatable bonds is 7. The normalized spacial score (nSPS) is 11.4. The van der Waals surface area contributed by atoms with E-state index in [-0.39, 0.29) is 0 Å². The molecule has 272 valence electrons. The van der Waals surface area contributed by atoms with Crippen molar-refractivity contribution >= 4 is 60.4 Å². The first-order valence-electron chi connectivity index (χ1n) is 19.9. The van der Waals surface area contributed by atoms with Gasteiger partial charge < -0.3 is 9.47 Å². The second-order valence-electron chi connectivity index (χ2n) is 15.0. The predicted octanol–water partition coefficient (Wildman–Crippen LogP) is 15.6. The van der Waals surface area contributed by atoms with Gasteiger partial charge in [0.2, 0.25) is 0 Å². The van der Waals surface area contributed by atoms with Crippen molar-refractivity contribution < 1.29 is 0 Å². The first kappa shape index (κ1) is 33.6. The quantitative estimate of drug-likeness (QED) is 0.158. The zero-order valence-electron chi connectivity index (χ0n) is 31.8. The molecule has 0 saturated heterocycles. The van der Waals surface area contributed by atoms with Crippen molar-refractivity contribution in [3.8, 4) is 39.1 Å². The Kier molecular flexibility index (Phi) is 8.19. The first-order valence-corrected chi connectivity index (χ1v) is 19.9. The maximum Gasteiger partial charge on any atom is 0.0547 e. The number of nitrogens with zero attached hydrogens (tertiary/aromatic N) is 2. The molecule has 0 spiro atoms. The smallest absolute Gasteiger partial charge is 0.0547 e. The van der Waals surface area contributed by atoms with Gasteiger partial charge in [0.05, 0.1) is 11.0 Å². The number of para-hydroxylation sites is 1. The second kappa shape index (κ2) is 14.1. The SMILES string of the molecule is c1ccc(-c2cccc(N(c3ccc(-c4ccc(-n5c6ccccc6c6cc7ccccc7cc65)cc4)cc3)c3ccc(-c4ccc5ccccc5c4)cc3)c2)cc1. The third kappa shape index (κ3) is 6.00. The summed E-state index contributed by atoms with van der Waals surface area (Å²) in [4.78, 5) is 2.36. The van der Waals surface area contributed by atoms with Gasteiger partial charge in [-0.2, -0.15) is 0 Å². The Bertz CT molecular complexity index is 3250. The molecular weight excluding hydrogens is 701 g/mol. The Morgan fingerprint density at radius 2 is 0.759 bits per heavy atom. The van der Waals surface area contributed by atoms with Crippen LogP contribution in [0.1, 0.15) is 0 Å². The lowest BCUT2D eigenvalue weighted by molar-refractivity contribution is 1.18. The predicted molar refractivity (Wildman–Crippen MR) is 247 cm³/mol. The molecule has 0 saturated carbocycles. The number of hydrogen-bond donors (Lipinski definition) is 0. The van der Waals surface area contributed by atoms with Gasteiger partial charge in [0, 0.05) is 33.5 Å². The van der Waals surface area contributed by atoms with Gasteiger partial charge in [-0.05, 0) is 128 Å². The summed E-state index contributed by atoms with van der Waals surface area (Å²) in [6.45, 7) is 0. The molecule has 0 aliphatic heterocycles. The number of aromatic nitrogens is 1. The van der Waals surface area contributed by atoms with Gasteiger partial charge in [0.1, 0.15) is 0 Å². The van der Waals surface area contributed by atoms with E-state index in [9.17, 15) is 0 Å². The lowest BCUT2D eigenvalue weighted by atomic mass is 10.0. The highest BCUT2D eigenvalue weighted by Crippen LogP contribution is 2.40. The van der Waals surface area contributed by atoms with Crippen molar-refractivity contribution in [3.05, 3.63) is 231 Å². The highest BCUT2D eigenvalue weighted by atomic mass is 15.1. The Hall–Kier alpha value is -7.68. The third-order valence-corrected chi connectivity index (χ3v) is 11.5. The van der Waals surface area contributed by atoms with Crippen LogP contribution in [0.3, 0.4) is 0 Å². The van der Waals surface area contributed by atoms with E-state index in [4.69, 9.17) is 0 Å². The maximum atomic E-state index is 2.40. The van der Waals surface area contributed by atoms with Gasteiger partial charge in [0.15, 0.2) is 0 Å². The van der Waals surface area contributed by atoms with E-state index in [1.165, 1.54) is 76.7 Å². The molecule has 0 fully saturated rings. The Morgan fingerprint density at radius 3 is 1.47 bits per heavy atom. The first-order chi connectivity index (χ1) is 28.7. The van der Waals surface area contributed by atoms with Gasteiger partial charge >= 0.3 is 0 Å². The van der Waals surface area contributed by atoms with Crippen molar-refractivity contribution in [2.75, 3.05) is 4.90 Å². The van der Waals surface area contributed by atoms with Crippen LogP contribution in [0.15, 0.2) is 231 Å². The van der Waals surface area contributed by atoms with Crippen molar-refractivity contribution in [1.82, 2.24) is 4.57 Å². The molecule has 0 aliphatic carbocycles. The van der Waals surface area contributed by atoms with Crippen LogP contribution in [0.25, 0.3) is 82.4 Å². The zero-order chi connectivity index (χ0) is 38.4. The average Bonchev–Trinajstić information content (AvgIpc) is 3.62. The number of benzene rings is 10. The van der Waals surface area contributed by atoms with Gasteiger partial charge in [0.25, 0.3) is 0 Å². The fourth-order valence-electron chi connectivity index (χ4n) is 8.61. The molecule has 0 radical (unpaired) electrons. The average molecular weight is 739 g/mol. The highest BCUT2D eigenvalue weighted by molar-refractivity contribution is 6.13. The molecule has 11 rings (SSSR count). The fraction of sp³-hybridized carbons (Fsp3) is 0. The summed E-state index contributed by atoms with van der Waals surface area (Å²) in [5.74, 6) is 0. The van der Waals surface area contributed by atoms with Crippen LogP contribution < -0.4 is 4.90 Å². The Morgan fingerprint density at radius 1 is 0.259 bits per heavy atom. The molecule has 1 heterocycles. The van der Waals surface area contributed by atoms with E-state index in [1.807, 2.05) is 0 Å². The molecule has 2 heteroatoms. The number of hydrogen-bond acceptors (Lipinski definition) is 1. The number of anilines is 3. The van der Waals surface area contributed by atoms with Gasteiger partial charge in [-0.25, -0.2) is 0 Å². The van der Waals surface area contributed by atoms with Crippen molar-refractivity contribution in [1.29, 1.82) is 0 Å². The monoisotopic (exact) mass is 738 g/mol. The van der Waals surface area contributed by atoms with Gasteiger partial charge in [-0.15, -0.1) is 0 Å². The zero-order valence-corrected chi connectivity index (χ0v) is 31.8. The van der Waals surface area contributed by atoms with E-state index < -0.39 is 0 Å². The van der Waals surface area contributed by atoms with Gasteiger partial charge in [-0.3, -0.25) is 0 Å². The lowest BCUT2D eigenvalue weighted by Crippen LogP contribution is -2.10. The van der Waals surface area contributed by atoms with Crippen LogP contribution in [-0.4, -0.2) is 4.57 Å². The molecule has 58 heavy (non-hydrogen) atoms. The molecule has 0 aliphatic rings. The van der Waals surface area contributed by atoms with E-state index in [1.54, 1.807) is 0 Å². The number of fused-ring (bicyclic) bond motifs is 5. The summed E-state index contributed by atoms with van der Waals surface area (Å²) in [5.41, 5.74) is 14.0. The standard InChI is InChI=1S/C56H38N2/c1-2-11-39(12-3-1)45-17-10-18-52(36-45)57(50-31-27-43(28-32-50)48-22-21-40-13-4-5-14-44(40)35-48)49-29-23-41(24-30-49)42-25-33-51(34-26-42)58-55-20-9-8-19-53(55)54-37-46-15-6-7-16-47(46)38-56(54)58/h1-38H. The molecule has 0 bridgehead atoms. The van der Waals surface area contributed by atoms with E-state index >= 15 is 0 Å². The molecule has 1 aromatic heterocycles.